The third-order valence-corrected chi connectivity index (χ3v) is 1.87. The summed E-state index contributed by atoms with van der Waals surface area (Å²) < 4.78 is 25.7. The van der Waals surface area contributed by atoms with Crippen LogP contribution < -0.4 is 5.32 Å². The smallest absolute Gasteiger partial charge is 0.128 e. The van der Waals surface area contributed by atoms with Gasteiger partial charge in [-0.1, -0.05) is 12.1 Å². The van der Waals surface area contributed by atoms with Crippen LogP contribution in [0.1, 0.15) is 0 Å². The molecular weight excluding hydrogens is 196 g/mol. The molecule has 0 heterocycles. The van der Waals surface area contributed by atoms with Crippen molar-refractivity contribution >= 4 is 11.4 Å². The summed E-state index contributed by atoms with van der Waals surface area (Å²) in [6, 6.07) is 13.1. The van der Waals surface area contributed by atoms with Gasteiger partial charge in [-0.3, -0.25) is 0 Å². The lowest BCUT2D eigenvalue weighted by molar-refractivity contribution is 0.584. The van der Waals surface area contributed by atoms with Gasteiger partial charge >= 0.3 is 0 Å². The van der Waals surface area contributed by atoms with Crippen LogP contribution in [0.5, 0.6) is 0 Å². The molecule has 1 nitrogen and oxygen atoms in total. The first kappa shape index (κ1) is 9.65. The zero-order valence-electron chi connectivity index (χ0n) is 7.80. The molecule has 0 amide bonds. The van der Waals surface area contributed by atoms with Gasteiger partial charge in [0.15, 0.2) is 0 Å². The predicted molar refractivity (Wildman–Crippen MR) is 54.9 cm³/mol. The summed E-state index contributed by atoms with van der Waals surface area (Å²) in [5.74, 6) is -1.19. The Balaban J connectivity index is 2.25. The maximum Gasteiger partial charge on any atom is 0.128 e. The Labute approximate surface area is 86.4 Å². The van der Waals surface area contributed by atoms with Crippen LogP contribution in [0.4, 0.5) is 20.2 Å². The fourth-order valence-electron chi connectivity index (χ4n) is 1.26. The van der Waals surface area contributed by atoms with Crippen LogP contribution in [0.15, 0.2) is 42.5 Å². The predicted octanol–water partition coefficient (Wildman–Crippen LogP) is 3.51. The van der Waals surface area contributed by atoms with Gasteiger partial charge in [-0.15, -0.1) is 0 Å². The molecule has 0 aromatic heterocycles. The largest absolute Gasteiger partial charge is 0.355 e. The van der Waals surface area contributed by atoms with Crippen LogP contribution in [-0.4, -0.2) is 0 Å². The highest BCUT2D eigenvalue weighted by atomic mass is 19.1. The number of nitrogens with one attached hydrogen (secondary N) is 1. The molecule has 0 aliphatic rings. The molecule has 0 spiro atoms. The van der Waals surface area contributed by atoms with Crippen LogP contribution in [-0.2, 0) is 0 Å². The molecule has 3 heteroatoms. The van der Waals surface area contributed by atoms with Crippen molar-refractivity contribution in [2.75, 3.05) is 5.32 Å². The van der Waals surface area contributed by atoms with E-state index < -0.39 is 11.6 Å². The van der Waals surface area contributed by atoms with Crippen molar-refractivity contribution in [3.05, 3.63) is 60.2 Å². The van der Waals surface area contributed by atoms with E-state index in [1.807, 2.05) is 0 Å². The van der Waals surface area contributed by atoms with E-state index in [4.69, 9.17) is 0 Å². The van der Waals surface area contributed by atoms with E-state index in [9.17, 15) is 8.78 Å². The monoisotopic (exact) mass is 204 g/mol. The first-order valence-corrected chi connectivity index (χ1v) is 4.43. The van der Waals surface area contributed by atoms with E-state index in [0.29, 0.717) is 5.69 Å². The van der Waals surface area contributed by atoms with Gasteiger partial charge in [0.1, 0.15) is 11.6 Å². The van der Waals surface area contributed by atoms with Crippen molar-refractivity contribution in [2.24, 2.45) is 0 Å². The minimum atomic E-state index is -0.597. The summed E-state index contributed by atoms with van der Waals surface area (Å²) in [6.45, 7) is 0. The summed E-state index contributed by atoms with van der Waals surface area (Å²) in [4.78, 5) is 0. The fourth-order valence-corrected chi connectivity index (χ4v) is 1.26. The molecule has 2 aromatic carbocycles. The molecule has 0 atom stereocenters. The summed E-state index contributed by atoms with van der Waals surface area (Å²) in [6.07, 6.45) is 0. The average Bonchev–Trinajstić information content (AvgIpc) is 2.17. The molecule has 1 radical (unpaired) electrons. The minimum absolute atomic E-state index is 0.388. The van der Waals surface area contributed by atoms with E-state index in [-0.39, 0.29) is 0 Å². The first-order chi connectivity index (χ1) is 7.24. The van der Waals surface area contributed by atoms with E-state index >= 15 is 0 Å². The zero-order valence-corrected chi connectivity index (χ0v) is 7.80. The number of benzene rings is 2. The minimum Gasteiger partial charge on any atom is -0.355 e. The SMILES string of the molecule is Fc1cc(F)cc(Nc2cc[c]cc2)c1. The van der Waals surface area contributed by atoms with Gasteiger partial charge in [-0.2, -0.15) is 0 Å². The van der Waals surface area contributed by atoms with Gasteiger partial charge in [-0.25, -0.2) is 8.78 Å². The molecule has 0 aliphatic heterocycles. The van der Waals surface area contributed by atoms with Crippen molar-refractivity contribution in [1.82, 2.24) is 0 Å². The molecule has 0 saturated carbocycles. The normalized spacial score (nSPS) is 10.0. The number of rotatable bonds is 2. The van der Waals surface area contributed by atoms with Crippen molar-refractivity contribution in [1.29, 1.82) is 0 Å². The van der Waals surface area contributed by atoms with Crippen LogP contribution >= 0.6 is 0 Å². The zero-order chi connectivity index (χ0) is 10.7. The quantitative estimate of drug-likeness (QED) is 0.789. The van der Waals surface area contributed by atoms with Crippen LogP contribution in [0.2, 0.25) is 0 Å². The second-order valence-corrected chi connectivity index (χ2v) is 3.07. The maximum atomic E-state index is 12.8. The molecule has 0 aliphatic carbocycles. The lowest BCUT2D eigenvalue weighted by Crippen LogP contribution is -1.91. The van der Waals surface area contributed by atoms with E-state index in [1.165, 1.54) is 12.1 Å². The molecule has 0 saturated heterocycles. The van der Waals surface area contributed by atoms with E-state index in [2.05, 4.69) is 11.4 Å². The number of anilines is 2. The van der Waals surface area contributed by atoms with Crippen molar-refractivity contribution in [2.45, 2.75) is 0 Å². The molecule has 1 N–H and O–H groups in total. The Hall–Kier alpha value is -1.90. The van der Waals surface area contributed by atoms with Crippen molar-refractivity contribution < 1.29 is 8.78 Å². The summed E-state index contributed by atoms with van der Waals surface area (Å²) >= 11 is 0. The van der Waals surface area contributed by atoms with Crippen LogP contribution in [0.25, 0.3) is 0 Å². The molecule has 2 aromatic rings. The third kappa shape index (κ3) is 2.53. The number of halogens is 2. The van der Waals surface area contributed by atoms with Crippen LogP contribution in [0, 0.1) is 17.7 Å². The highest BCUT2D eigenvalue weighted by molar-refractivity contribution is 5.59. The Morgan fingerprint density at radius 2 is 1.47 bits per heavy atom. The molecular formula is C12H8F2N. The summed E-state index contributed by atoms with van der Waals surface area (Å²) in [5.41, 5.74) is 1.15. The molecule has 2 rings (SSSR count). The Morgan fingerprint density at radius 1 is 0.867 bits per heavy atom. The second-order valence-electron chi connectivity index (χ2n) is 3.07. The van der Waals surface area contributed by atoms with Gasteiger partial charge in [0.2, 0.25) is 0 Å². The molecule has 0 unspecified atom stereocenters. The molecule has 15 heavy (non-hydrogen) atoms. The van der Waals surface area contributed by atoms with E-state index in [1.54, 1.807) is 24.3 Å². The first-order valence-electron chi connectivity index (χ1n) is 4.43. The highest BCUT2D eigenvalue weighted by Gasteiger charge is 2.00. The Bertz CT molecular complexity index is 434. The average molecular weight is 204 g/mol. The van der Waals surface area contributed by atoms with Gasteiger partial charge in [0.05, 0.1) is 0 Å². The Morgan fingerprint density at radius 3 is 2.07 bits per heavy atom. The lowest BCUT2D eigenvalue weighted by Gasteiger charge is -2.05. The number of hydrogen-bond donors (Lipinski definition) is 1. The summed E-state index contributed by atoms with van der Waals surface area (Å²) in [7, 11) is 0. The maximum absolute atomic E-state index is 12.8. The second kappa shape index (κ2) is 4.09. The fraction of sp³-hybridized carbons (Fsp3) is 0. The van der Waals surface area contributed by atoms with Gasteiger partial charge in [0, 0.05) is 17.4 Å². The topological polar surface area (TPSA) is 12.0 Å². The summed E-state index contributed by atoms with van der Waals surface area (Å²) in [5, 5.41) is 2.89. The van der Waals surface area contributed by atoms with Crippen molar-refractivity contribution in [3.63, 3.8) is 0 Å². The van der Waals surface area contributed by atoms with Gasteiger partial charge < -0.3 is 5.32 Å². The van der Waals surface area contributed by atoms with Crippen molar-refractivity contribution in [3.8, 4) is 0 Å². The lowest BCUT2D eigenvalue weighted by atomic mass is 10.2. The third-order valence-electron chi connectivity index (χ3n) is 1.87. The molecule has 75 valence electrons. The Kier molecular flexibility index (Phi) is 2.63. The van der Waals surface area contributed by atoms with Gasteiger partial charge in [0.25, 0.3) is 0 Å². The molecule has 0 bridgehead atoms. The highest BCUT2D eigenvalue weighted by Crippen LogP contribution is 2.18. The van der Waals surface area contributed by atoms with E-state index in [0.717, 1.165) is 11.8 Å². The molecule has 0 fully saturated rings. The standard InChI is InChI=1S/C12H8F2N/c13-9-6-10(14)8-12(7-9)15-11-4-2-1-3-5-11/h2-8,15H. The van der Waals surface area contributed by atoms with Crippen LogP contribution in [0.3, 0.4) is 0 Å². The van der Waals surface area contributed by atoms with Gasteiger partial charge in [-0.05, 0) is 30.3 Å². The number of hydrogen-bond acceptors (Lipinski definition) is 1.